The molecule has 0 amide bonds. The Bertz CT molecular complexity index is 686. The van der Waals surface area contributed by atoms with Gasteiger partial charge in [0.2, 0.25) is 5.89 Å². The normalized spacial score (nSPS) is 12.9. The van der Waals surface area contributed by atoms with E-state index in [2.05, 4.69) is 9.98 Å². The predicted molar refractivity (Wildman–Crippen MR) is 89.6 cm³/mol. The zero-order chi connectivity index (χ0) is 16.7. The number of nitrogens with zero attached hydrogens (tertiary/aromatic N) is 2. The summed E-state index contributed by atoms with van der Waals surface area (Å²) in [7, 11) is 0. The van der Waals surface area contributed by atoms with Gasteiger partial charge in [0.25, 0.3) is 0 Å². The van der Waals surface area contributed by atoms with Crippen LogP contribution in [0.25, 0.3) is 0 Å². The first-order valence-electron chi connectivity index (χ1n) is 7.48. The number of hydrogen-bond acceptors (Lipinski definition) is 6. The molecule has 1 aromatic carbocycles. The van der Waals surface area contributed by atoms with Crippen LogP contribution in [-0.4, -0.2) is 17.2 Å². The molecule has 2 rings (SSSR count). The largest absolute Gasteiger partial charge is 0.485 e. The lowest BCUT2D eigenvalue weighted by molar-refractivity contribution is 0.213. The second-order valence-corrected chi connectivity index (χ2v) is 4.95. The molecule has 0 spiro atoms. The maximum atomic E-state index is 5.99. The van der Waals surface area contributed by atoms with Crippen LogP contribution in [0.5, 0.6) is 0 Å². The lowest BCUT2D eigenvalue weighted by atomic mass is 10.2. The first-order valence-corrected chi connectivity index (χ1v) is 7.48. The number of oxazole rings is 1. The van der Waals surface area contributed by atoms with Gasteiger partial charge in [0.1, 0.15) is 12.4 Å². The Morgan fingerprint density at radius 1 is 1.30 bits per heavy atom. The molecular formula is C17H22N4O2. The van der Waals surface area contributed by atoms with E-state index < -0.39 is 0 Å². The van der Waals surface area contributed by atoms with Gasteiger partial charge in [-0.2, -0.15) is 0 Å². The zero-order valence-electron chi connectivity index (χ0n) is 13.5. The van der Waals surface area contributed by atoms with Crippen LogP contribution in [0.2, 0.25) is 0 Å². The number of ether oxygens (including phenoxy) is 1. The van der Waals surface area contributed by atoms with E-state index in [4.69, 9.17) is 20.6 Å². The molecule has 6 nitrogen and oxygen atoms in total. The minimum Gasteiger partial charge on any atom is -0.485 e. The van der Waals surface area contributed by atoms with Gasteiger partial charge in [0, 0.05) is 6.54 Å². The Morgan fingerprint density at radius 3 is 2.61 bits per heavy atom. The average Bonchev–Trinajstić information content (AvgIpc) is 3.03. The van der Waals surface area contributed by atoms with E-state index >= 15 is 0 Å². The number of rotatable bonds is 7. The van der Waals surface area contributed by atoms with Gasteiger partial charge in [0.05, 0.1) is 18.4 Å². The first kappa shape index (κ1) is 16.8. The number of allylic oxidation sites excluding steroid dienone is 2. The van der Waals surface area contributed by atoms with Crippen LogP contribution in [0.15, 0.2) is 57.4 Å². The number of hydrogen-bond donors (Lipinski definition) is 2. The van der Waals surface area contributed by atoms with Crippen LogP contribution in [0, 0.1) is 0 Å². The van der Waals surface area contributed by atoms with Gasteiger partial charge in [0.15, 0.2) is 11.5 Å². The van der Waals surface area contributed by atoms with Gasteiger partial charge in [-0.05, 0) is 19.4 Å². The third-order valence-electron chi connectivity index (χ3n) is 3.07. The molecule has 0 saturated heterocycles. The second-order valence-electron chi connectivity index (χ2n) is 4.95. The number of aromatic nitrogens is 1. The molecular weight excluding hydrogens is 292 g/mol. The van der Waals surface area contributed by atoms with Gasteiger partial charge in [-0.15, -0.1) is 0 Å². The molecule has 1 heterocycles. The molecule has 6 heteroatoms. The number of benzene rings is 1. The fourth-order valence-electron chi connectivity index (χ4n) is 2.00. The highest BCUT2D eigenvalue weighted by molar-refractivity contribution is 6.08. The topological polar surface area (TPSA) is 99.7 Å². The smallest absolute Gasteiger partial charge is 0.248 e. The second kappa shape index (κ2) is 8.14. The standard InChI is InChI=1S/C17H22N4O2/c1-3-20-15(17-21-10-14(9-18)23-17)16(12(2)19)22-11-13-7-5-4-6-8-13/h4-8,10H,3,9,11,18-19H2,1-2H3/b16-12+,20-15?. The lowest BCUT2D eigenvalue weighted by Crippen LogP contribution is -2.15. The van der Waals surface area contributed by atoms with Crippen molar-refractivity contribution >= 4 is 5.71 Å². The van der Waals surface area contributed by atoms with Crippen molar-refractivity contribution in [2.24, 2.45) is 16.5 Å². The third kappa shape index (κ3) is 4.43. The van der Waals surface area contributed by atoms with Crippen LogP contribution in [0.1, 0.15) is 31.1 Å². The lowest BCUT2D eigenvalue weighted by Gasteiger charge is -2.13. The molecule has 1 aromatic heterocycles. The van der Waals surface area contributed by atoms with E-state index in [-0.39, 0.29) is 6.54 Å². The van der Waals surface area contributed by atoms with Gasteiger partial charge in [-0.3, -0.25) is 4.99 Å². The fraction of sp³-hybridized carbons (Fsp3) is 0.294. The summed E-state index contributed by atoms with van der Waals surface area (Å²) >= 11 is 0. The highest BCUT2D eigenvalue weighted by Crippen LogP contribution is 2.16. The quantitative estimate of drug-likeness (QED) is 0.603. The Labute approximate surface area is 135 Å². The Morgan fingerprint density at radius 2 is 2.04 bits per heavy atom. The van der Waals surface area contributed by atoms with Crippen LogP contribution in [0.3, 0.4) is 0 Å². The summed E-state index contributed by atoms with van der Waals surface area (Å²) in [5, 5.41) is 0. The van der Waals surface area contributed by atoms with Crippen LogP contribution >= 0.6 is 0 Å². The van der Waals surface area contributed by atoms with E-state index in [9.17, 15) is 0 Å². The minimum absolute atomic E-state index is 0.276. The van der Waals surface area contributed by atoms with Gasteiger partial charge < -0.3 is 20.6 Å². The number of nitrogens with two attached hydrogens (primary N) is 2. The fourth-order valence-corrected chi connectivity index (χ4v) is 2.00. The van der Waals surface area contributed by atoms with E-state index in [0.717, 1.165) is 5.56 Å². The summed E-state index contributed by atoms with van der Waals surface area (Å²) in [6.07, 6.45) is 1.58. The summed E-state index contributed by atoms with van der Waals surface area (Å²) in [5.41, 5.74) is 13.6. The highest BCUT2D eigenvalue weighted by atomic mass is 16.5. The molecule has 0 unspecified atom stereocenters. The van der Waals surface area contributed by atoms with Crippen LogP contribution < -0.4 is 11.5 Å². The van der Waals surface area contributed by atoms with Gasteiger partial charge >= 0.3 is 0 Å². The van der Waals surface area contributed by atoms with Crippen LogP contribution in [-0.2, 0) is 17.9 Å². The third-order valence-corrected chi connectivity index (χ3v) is 3.07. The molecule has 4 N–H and O–H groups in total. The zero-order valence-corrected chi connectivity index (χ0v) is 13.5. The molecule has 0 aliphatic carbocycles. The van der Waals surface area contributed by atoms with Crippen molar-refractivity contribution in [1.29, 1.82) is 0 Å². The van der Waals surface area contributed by atoms with Crippen molar-refractivity contribution in [1.82, 2.24) is 4.98 Å². The van der Waals surface area contributed by atoms with Crippen molar-refractivity contribution in [2.45, 2.75) is 27.0 Å². The Hall–Kier alpha value is -2.60. The summed E-state index contributed by atoms with van der Waals surface area (Å²) < 4.78 is 11.5. The van der Waals surface area contributed by atoms with E-state index in [1.807, 2.05) is 37.3 Å². The van der Waals surface area contributed by atoms with Crippen molar-refractivity contribution in [2.75, 3.05) is 6.54 Å². The molecule has 0 aliphatic rings. The molecule has 0 atom stereocenters. The molecule has 0 bridgehead atoms. The Kier molecular flexibility index (Phi) is 5.94. The molecule has 23 heavy (non-hydrogen) atoms. The first-order chi connectivity index (χ1) is 11.2. The van der Waals surface area contributed by atoms with Crippen molar-refractivity contribution in [3.63, 3.8) is 0 Å². The molecule has 0 fully saturated rings. The van der Waals surface area contributed by atoms with E-state index in [1.54, 1.807) is 13.1 Å². The summed E-state index contributed by atoms with van der Waals surface area (Å²) in [6.45, 7) is 4.91. The molecule has 0 radical (unpaired) electrons. The average molecular weight is 314 g/mol. The van der Waals surface area contributed by atoms with E-state index in [1.165, 1.54) is 0 Å². The Balaban J connectivity index is 2.26. The maximum absolute atomic E-state index is 5.99. The monoisotopic (exact) mass is 314 g/mol. The number of aliphatic imine (C=N–C) groups is 1. The van der Waals surface area contributed by atoms with Crippen LogP contribution in [0.4, 0.5) is 0 Å². The van der Waals surface area contributed by atoms with Crippen molar-refractivity contribution in [3.05, 3.63) is 65.2 Å². The van der Waals surface area contributed by atoms with Gasteiger partial charge in [-0.25, -0.2) is 4.98 Å². The minimum atomic E-state index is 0.276. The van der Waals surface area contributed by atoms with Crippen molar-refractivity contribution < 1.29 is 9.15 Å². The maximum Gasteiger partial charge on any atom is 0.248 e. The van der Waals surface area contributed by atoms with Crippen molar-refractivity contribution in [3.8, 4) is 0 Å². The highest BCUT2D eigenvalue weighted by Gasteiger charge is 2.19. The molecule has 0 aliphatic heterocycles. The summed E-state index contributed by atoms with van der Waals surface area (Å²) in [5.74, 6) is 1.42. The van der Waals surface area contributed by atoms with Gasteiger partial charge in [-0.1, -0.05) is 30.3 Å². The SMILES string of the molecule is CCN=C(/C(OCc1ccccc1)=C(/C)N)c1ncc(CN)o1. The molecule has 122 valence electrons. The summed E-state index contributed by atoms with van der Waals surface area (Å²) in [4.78, 5) is 8.65. The molecule has 2 aromatic rings. The summed E-state index contributed by atoms with van der Waals surface area (Å²) in [6, 6.07) is 9.84. The molecule has 0 saturated carbocycles. The van der Waals surface area contributed by atoms with E-state index in [0.29, 0.717) is 42.0 Å². The predicted octanol–water partition coefficient (Wildman–Crippen LogP) is 2.35.